The highest BCUT2D eigenvalue weighted by Gasteiger charge is 2.14. The maximum atomic E-state index is 12.7. The molecule has 112 valence electrons. The van der Waals surface area contributed by atoms with E-state index in [9.17, 15) is 4.39 Å². The molecule has 2 rings (SSSR count). The summed E-state index contributed by atoms with van der Waals surface area (Å²) in [5.74, 6) is 0.479. The highest BCUT2D eigenvalue weighted by atomic mass is 19.1. The Morgan fingerprint density at radius 1 is 1.40 bits per heavy atom. The van der Waals surface area contributed by atoms with E-state index in [1.54, 1.807) is 12.1 Å². The van der Waals surface area contributed by atoms with Crippen molar-refractivity contribution in [3.63, 3.8) is 0 Å². The molecule has 1 aromatic rings. The quantitative estimate of drug-likeness (QED) is 0.769. The molecule has 1 unspecified atom stereocenters. The first-order chi connectivity index (χ1) is 9.74. The summed E-state index contributed by atoms with van der Waals surface area (Å²) in [6, 6.07) is 6.13. The fourth-order valence-electron chi connectivity index (χ4n) is 2.23. The van der Waals surface area contributed by atoms with Crippen LogP contribution in [0.5, 0.6) is 5.75 Å². The Morgan fingerprint density at radius 3 is 2.90 bits per heavy atom. The van der Waals surface area contributed by atoms with Crippen LogP contribution in [0.2, 0.25) is 0 Å². The van der Waals surface area contributed by atoms with Gasteiger partial charge in [-0.1, -0.05) is 0 Å². The van der Waals surface area contributed by atoms with Gasteiger partial charge in [0.05, 0.1) is 19.3 Å². The van der Waals surface area contributed by atoms with Gasteiger partial charge in [0.2, 0.25) is 0 Å². The van der Waals surface area contributed by atoms with Crippen LogP contribution in [0.15, 0.2) is 24.3 Å². The van der Waals surface area contributed by atoms with Crippen LogP contribution in [0, 0.1) is 5.82 Å². The molecule has 0 saturated carbocycles. The molecule has 1 aromatic carbocycles. The summed E-state index contributed by atoms with van der Waals surface area (Å²) < 4.78 is 24.0. The number of nitrogens with one attached hydrogen (secondary N) is 1. The summed E-state index contributed by atoms with van der Waals surface area (Å²) in [7, 11) is 2.09. The van der Waals surface area contributed by atoms with Crippen molar-refractivity contribution in [1.29, 1.82) is 0 Å². The average molecular weight is 282 g/mol. The summed E-state index contributed by atoms with van der Waals surface area (Å²) in [6.07, 6.45) is 1.22. The Balaban J connectivity index is 1.56. The lowest BCUT2D eigenvalue weighted by Gasteiger charge is -2.27. The molecular formula is C15H23FN2O2. The summed E-state index contributed by atoms with van der Waals surface area (Å²) in [5, 5.41) is 3.33. The number of hydrogen-bond acceptors (Lipinski definition) is 4. The lowest BCUT2D eigenvalue weighted by Crippen LogP contribution is -2.44. The van der Waals surface area contributed by atoms with Crippen molar-refractivity contribution in [2.75, 3.05) is 46.4 Å². The van der Waals surface area contributed by atoms with E-state index < -0.39 is 0 Å². The molecule has 1 atom stereocenters. The molecule has 5 heteroatoms. The number of nitrogens with zero attached hydrogens (tertiary/aromatic N) is 1. The van der Waals surface area contributed by atoms with Crippen molar-refractivity contribution in [3.8, 4) is 5.75 Å². The maximum absolute atomic E-state index is 12.7. The van der Waals surface area contributed by atoms with E-state index >= 15 is 0 Å². The Kier molecular flexibility index (Phi) is 6.24. The Morgan fingerprint density at radius 2 is 2.20 bits per heavy atom. The lowest BCUT2D eigenvalue weighted by atomic mass is 10.3. The van der Waals surface area contributed by atoms with E-state index in [2.05, 4.69) is 17.3 Å². The van der Waals surface area contributed by atoms with E-state index in [0.717, 1.165) is 39.2 Å². The summed E-state index contributed by atoms with van der Waals surface area (Å²) in [4.78, 5) is 2.26. The van der Waals surface area contributed by atoms with Crippen LogP contribution in [-0.2, 0) is 4.74 Å². The molecule has 20 heavy (non-hydrogen) atoms. The van der Waals surface area contributed by atoms with Crippen LogP contribution in [-0.4, -0.2) is 57.4 Å². The number of benzene rings is 1. The number of morpholine rings is 1. The smallest absolute Gasteiger partial charge is 0.123 e. The molecule has 4 nitrogen and oxygen atoms in total. The van der Waals surface area contributed by atoms with Crippen molar-refractivity contribution in [2.24, 2.45) is 0 Å². The van der Waals surface area contributed by atoms with Crippen molar-refractivity contribution < 1.29 is 13.9 Å². The number of rotatable bonds is 7. The van der Waals surface area contributed by atoms with Gasteiger partial charge in [-0.05, 0) is 37.7 Å². The maximum Gasteiger partial charge on any atom is 0.123 e. The van der Waals surface area contributed by atoms with Crippen molar-refractivity contribution in [1.82, 2.24) is 10.2 Å². The van der Waals surface area contributed by atoms with E-state index in [0.29, 0.717) is 12.4 Å². The van der Waals surface area contributed by atoms with Crippen LogP contribution in [0.1, 0.15) is 6.42 Å². The second kappa shape index (κ2) is 8.19. The largest absolute Gasteiger partial charge is 0.494 e. The minimum absolute atomic E-state index is 0.238. The van der Waals surface area contributed by atoms with Crippen LogP contribution in [0.3, 0.4) is 0 Å². The minimum atomic E-state index is -0.238. The summed E-state index contributed by atoms with van der Waals surface area (Å²) in [6.45, 7) is 5.21. The molecule has 0 bridgehead atoms. The van der Waals surface area contributed by atoms with Gasteiger partial charge in [-0.2, -0.15) is 0 Å². The zero-order valence-electron chi connectivity index (χ0n) is 12.0. The molecule has 1 aliphatic heterocycles. The number of likely N-dealkylation sites (N-methyl/N-ethyl adjacent to an activating group) is 1. The van der Waals surface area contributed by atoms with Gasteiger partial charge in [0, 0.05) is 26.2 Å². The summed E-state index contributed by atoms with van der Waals surface area (Å²) in [5.41, 5.74) is 0. The van der Waals surface area contributed by atoms with Crippen molar-refractivity contribution in [2.45, 2.75) is 12.5 Å². The molecule has 1 fully saturated rings. The van der Waals surface area contributed by atoms with Crippen LogP contribution in [0.4, 0.5) is 4.39 Å². The van der Waals surface area contributed by atoms with Gasteiger partial charge >= 0.3 is 0 Å². The van der Waals surface area contributed by atoms with Gasteiger partial charge in [0.1, 0.15) is 11.6 Å². The van der Waals surface area contributed by atoms with Gasteiger partial charge in [-0.3, -0.25) is 0 Å². The molecule has 0 aliphatic carbocycles. The second-order valence-corrected chi connectivity index (χ2v) is 5.12. The van der Waals surface area contributed by atoms with Gasteiger partial charge in [0.15, 0.2) is 0 Å². The van der Waals surface area contributed by atoms with Crippen molar-refractivity contribution in [3.05, 3.63) is 30.1 Å². The predicted molar refractivity (Wildman–Crippen MR) is 76.6 cm³/mol. The Hall–Kier alpha value is -1.17. The second-order valence-electron chi connectivity index (χ2n) is 5.12. The van der Waals surface area contributed by atoms with Gasteiger partial charge in [-0.25, -0.2) is 4.39 Å². The van der Waals surface area contributed by atoms with Gasteiger partial charge < -0.3 is 19.7 Å². The average Bonchev–Trinajstić information content (AvgIpc) is 2.46. The van der Waals surface area contributed by atoms with Crippen LogP contribution in [0.25, 0.3) is 0 Å². The number of ether oxygens (including phenoxy) is 2. The highest BCUT2D eigenvalue weighted by molar-refractivity contribution is 5.21. The third-order valence-electron chi connectivity index (χ3n) is 3.29. The topological polar surface area (TPSA) is 33.7 Å². The third-order valence-corrected chi connectivity index (χ3v) is 3.29. The molecule has 1 heterocycles. The van der Waals surface area contributed by atoms with E-state index in [-0.39, 0.29) is 11.9 Å². The van der Waals surface area contributed by atoms with Crippen molar-refractivity contribution >= 4 is 0 Å². The van der Waals surface area contributed by atoms with E-state index in [4.69, 9.17) is 9.47 Å². The standard InChI is InChI=1S/C15H23FN2O2/c1-18(12-15-11-17-7-10-20-15)8-2-9-19-14-5-3-13(16)4-6-14/h3-6,15,17H,2,7-12H2,1H3. The first-order valence-corrected chi connectivity index (χ1v) is 7.13. The molecule has 0 radical (unpaired) electrons. The lowest BCUT2D eigenvalue weighted by molar-refractivity contribution is 0.00950. The van der Waals surface area contributed by atoms with Gasteiger partial charge in [0.25, 0.3) is 0 Å². The Labute approximate surface area is 119 Å². The SMILES string of the molecule is CN(CCCOc1ccc(F)cc1)CC1CNCCO1. The fraction of sp³-hybridized carbons (Fsp3) is 0.600. The minimum Gasteiger partial charge on any atom is -0.494 e. The molecule has 1 N–H and O–H groups in total. The van der Waals surface area contributed by atoms with Gasteiger partial charge in [-0.15, -0.1) is 0 Å². The molecular weight excluding hydrogens is 259 g/mol. The first kappa shape index (κ1) is 15.2. The van der Waals surface area contributed by atoms with Crippen LogP contribution < -0.4 is 10.1 Å². The molecule has 0 spiro atoms. The first-order valence-electron chi connectivity index (χ1n) is 7.13. The fourth-order valence-corrected chi connectivity index (χ4v) is 2.23. The Bertz CT molecular complexity index is 380. The van der Waals surface area contributed by atoms with Crippen LogP contribution >= 0.6 is 0 Å². The summed E-state index contributed by atoms with van der Waals surface area (Å²) >= 11 is 0. The third kappa shape index (κ3) is 5.45. The zero-order valence-corrected chi connectivity index (χ0v) is 12.0. The number of hydrogen-bond donors (Lipinski definition) is 1. The zero-order chi connectivity index (χ0) is 14.2. The normalized spacial score (nSPS) is 19.2. The predicted octanol–water partition coefficient (Wildman–Crippen LogP) is 1.51. The molecule has 1 aliphatic rings. The highest BCUT2D eigenvalue weighted by Crippen LogP contribution is 2.11. The van der Waals surface area contributed by atoms with E-state index in [1.165, 1.54) is 12.1 Å². The molecule has 1 saturated heterocycles. The molecule has 0 amide bonds. The van der Waals surface area contributed by atoms with E-state index in [1.807, 2.05) is 0 Å². The molecule has 0 aromatic heterocycles. The number of halogens is 1. The monoisotopic (exact) mass is 282 g/mol.